The summed E-state index contributed by atoms with van der Waals surface area (Å²) in [5.74, 6) is 0.853. The molecule has 0 saturated carbocycles. The largest absolute Gasteiger partial charge is 0.495 e. The van der Waals surface area contributed by atoms with Crippen molar-refractivity contribution in [2.45, 2.75) is 52.6 Å². The Kier molecular flexibility index (Phi) is 7.12. The van der Waals surface area contributed by atoms with Crippen LogP contribution in [0.25, 0.3) is 0 Å². The zero-order valence-corrected chi connectivity index (χ0v) is 14.4. The van der Waals surface area contributed by atoms with Crippen molar-refractivity contribution >= 4 is 0 Å². The van der Waals surface area contributed by atoms with Crippen LogP contribution < -0.4 is 10.1 Å². The number of pyridine rings is 1. The topological polar surface area (TPSA) is 37.4 Å². The van der Waals surface area contributed by atoms with Crippen molar-refractivity contribution in [1.29, 1.82) is 0 Å². The average molecular weight is 293 g/mol. The number of hydrogen-bond acceptors (Lipinski definition) is 4. The standard InChI is InChI=1S/C17H31N3O/c1-7-12-19-16(17(4,5)20(8-2)9-3)15-14(21-6)11-10-13-18-15/h10-11,13,16,19H,7-9,12H2,1-6H3. The van der Waals surface area contributed by atoms with Crippen molar-refractivity contribution in [2.75, 3.05) is 26.7 Å². The summed E-state index contributed by atoms with van der Waals surface area (Å²) in [6.07, 6.45) is 2.94. The van der Waals surface area contributed by atoms with Gasteiger partial charge in [0.1, 0.15) is 11.4 Å². The Hall–Kier alpha value is -1.13. The van der Waals surface area contributed by atoms with Crippen molar-refractivity contribution in [3.63, 3.8) is 0 Å². The first-order valence-corrected chi connectivity index (χ1v) is 8.00. The van der Waals surface area contributed by atoms with Crippen molar-refractivity contribution in [3.8, 4) is 5.75 Å². The Morgan fingerprint density at radius 3 is 2.48 bits per heavy atom. The minimum absolute atomic E-state index is 0.0414. The first-order valence-electron chi connectivity index (χ1n) is 8.00. The summed E-state index contributed by atoms with van der Waals surface area (Å²) in [6.45, 7) is 14.2. The fourth-order valence-electron chi connectivity index (χ4n) is 2.98. The molecule has 1 unspecified atom stereocenters. The van der Waals surface area contributed by atoms with Crippen LogP contribution in [-0.4, -0.2) is 42.2 Å². The Morgan fingerprint density at radius 1 is 1.29 bits per heavy atom. The zero-order chi connectivity index (χ0) is 15.9. The molecule has 1 aromatic heterocycles. The zero-order valence-electron chi connectivity index (χ0n) is 14.4. The molecule has 0 fully saturated rings. The summed E-state index contributed by atoms with van der Waals surface area (Å²) in [5, 5.41) is 3.67. The van der Waals surface area contributed by atoms with Gasteiger partial charge in [-0.3, -0.25) is 9.88 Å². The number of aromatic nitrogens is 1. The number of nitrogens with zero attached hydrogens (tertiary/aromatic N) is 2. The van der Waals surface area contributed by atoms with Gasteiger partial charge in [0.2, 0.25) is 0 Å². The smallest absolute Gasteiger partial charge is 0.142 e. The number of methoxy groups -OCH3 is 1. The molecule has 1 N–H and O–H groups in total. The van der Waals surface area contributed by atoms with Gasteiger partial charge < -0.3 is 10.1 Å². The molecule has 1 rings (SSSR count). The van der Waals surface area contributed by atoms with E-state index in [2.05, 4.69) is 49.8 Å². The van der Waals surface area contributed by atoms with Crippen molar-refractivity contribution in [1.82, 2.24) is 15.2 Å². The highest BCUT2D eigenvalue weighted by atomic mass is 16.5. The quantitative estimate of drug-likeness (QED) is 0.758. The Balaban J connectivity index is 3.21. The van der Waals surface area contributed by atoms with E-state index in [0.717, 1.165) is 37.5 Å². The van der Waals surface area contributed by atoms with Crippen LogP contribution in [0.4, 0.5) is 0 Å². The van der Waals surface area contributed by atoms with Crippen LogP contribution in [0, 0.1) is 0 Å². The predicted octanol–water partition coefficient (Wildman–Crippen LogP) is 3.25. The molecule has 0 saturated heterocycles. The molecule has 4 heteroatoms. The third kappa shape index (κ3) is 4.17. The molecule has 120 valence electrons. The van der Waals surface area contributed by atoms with Gasteiger partial charge in [-0.1, -0.05) is 20.8 Å². The molecule has 1 aromatic rings. The Bertz CT molecular complexity index is 416. The van der Waals surface area contributed by atoms with Gasteiger partial charge in [-0.15, -0.1) is 0 Å². The highest BCUT2D eigenvalue weighted by Crippen LogP contribution is 2.34. The fourth-order valence-corrected chi connectivity index (χ4v) is 2.98. The summed E-state index contributed by atoms with van der Waals surface area (Å²) in [7, 11) is 1.71. The SMILES string of the molecule is CCCNC(c1ncccc1OC)C(C)(C)N(CC)CC. The summed E-state index contributed by atoms with van der Waals surface area (Å²) in [6, 6.07) is 4.04. The minimum atomic E-state index is -0.0414. The second-order valence-electron chi connectivity index (χ2n) is 5.80. The highest BCUT2D eigenvalue weighted by Gasteiger charge is 2.37. The van der Waals surface area contributed by atoms with Crippen LogP contribution in [0.1, 0.15) is 52.8 Å². The van der Waals surface area contributed by atoms with E-state index in [-0.39, 0.29) is 11.6 Å². The third-order valence-electron chi connectivity index (χ3n) is 4.18. The first kappa shape index (κ1) is 17.9. The molecule has 1 atom stereocenters. The minimum Gasteiger partial charge on any atom is -0.495 e. The molecule has 0 radical (unpaired) electrons. The molecular formula is C17H31N3O. The predicted molar refractivity (Wildman–Crippen MR) is 88.8 cm³/mol. The number of hydrogen-bond donors (Lipinski definition) is 1. The molecule has 4 nitrogen and oxygen atoms in total. The van der Waals surface area contributed by atoms with Crippen molar-refractivity contribution in [3.05, 3.63) is 24.0 Å². The van der Waals surface area contributed by atoms with E-state index >= 15 is 0 Å². The van der Waals surface area contributed by atoms with E-state index in [1.165, 1.54) is 0 Å². The molecule has 0 aliphatic carbocycles. The van der Waals surface area contributed by atoms with Gasteiger partial charge in [-0.25, -0.2) is 0 Å². The van der Waals surface area contributed by atoms with Crippen LogP contribution in [0.15, 0.2) is 18.3 Å². The second-order valence-corrected chi connectivity index (χ2v) is 5.80. The van der Waals surface area contributed by atoms with E-state index in [4.69, 9.17) is 4.74 Å². The molecule has 0 aromatic carbocycles. The van der Waals surface area contributed by atoms with Gasteiger partial charge in [0.15, 0.2) is 0 Å². The van der Waals surface area contributed by atoms with Crippen LogP contribution in [0.2, 0.25) is 0 Å². The van der Waals surface area contributed by atoms with Gasteiger partial charge in [-0.05, 0) is 52.0 Å². The lowest BCUT2D eigenvalue weighted by Gasteiger charge is -2.43. The van der Waals surface area contributed by atoms with Gasteiger partial charge >= 0.3 is 0 Å². The molecule has 0 aliphatic rings. The molecule has 0 spiro atoms. The fraction of sp³-hybridized carbons (Fsp3) is 0.706. The maximum Gasteiger partial charge on any atom is 0.142 e. The van der Waals surface area contributed by atoms with Gasteiger partial charge in [-0.2, -0.15) is 0 Å². The van der Waals surface area contributed by atoms with E-state index in [9.17, 15) is 0 Å². The monoisotopic (exact) mass is 293 g/mol. The lowest BCUT2D eigenvalue weighted by molar-refractivity contribution is 0.0882. The normalized spacial score (nSPS) is 13.5. The summed E-state index contributed by atoms with van der Waals surface area (Å²) in [4.78, 5) is 7.07. The second kappa shape index (κ2) is 8.35. The average Bonchev–Trinajstić information content (AvgIpc) is 2.48. The van der Waals surface area contributed by atoms with E-state index in [1.54, 1.807) is 7.11 Å². The van der Waals surface area contributed by atoms with Crippen LogP contribution in [-0.2, 0) is 0 Å². The van der Waals surface area contributed by atoms with Crippen LogP contribution >= 0.6 is 0 Å². The van der Waals surface area contributed by atoms with Gasteiger partial charge in [0.05, 0.1) is 13.2 Å². The molecule has 21 heavy (non-hydrogen) atoms. The van der Waals surface area contributed by atoms with Gasteiger partial charge in [0.25, 0.3) is 0 Å². The third-order valence-corrected chi connectivity index (χ3v) is 4.18. The van der Waals surface area contributed by atoms with E-state index < -0.39 is 0 Å². The maximum atomic E-state index is 5.53. The Morgan fingerprint density at radius 2 is 1.95 bits per heavy atom. The Labute approximate surface area is 129 Å². The van der Waals surface area contributed by atoms with E-state index in [0.29, 0.717) is 0 Å². The maximum absolute atomic E-state index is 5.53. The number of nitrogens with one attached hydrogen (secondary N) is 1. The first-order chi connectivity index (χ1) is 10.0. The molecule has 1 heterocycles. The van der Waals surface area contributed by atoms with Crippen LogP contribution in [0.5, 0.6) is 5.75 Å². The summed E-state index contributed by atoms with van der Waals surface area (Å²) in [5.41, 5.74) is 0.950. The van der Waals surface area contributed by atoms with E-state index in [1.807, 2.05) is 18.3 Å². The molecule has 0 bridgehead atoms. The lowest BCUT2D eigenvalue weighted by Crippen LogP contribution is -2.53. The van der Waals surface area contributed by atoms with Crippen LogP contribution in [0.3, 0.4) is 0 Å². The molecule has 0 amide bonds. The number of ether oxygens (including phenoxy) is 1. The number of likely N-dealkylation sites (N-methyl/N-ethyl adjacent to an activating group) is 1. The van der Waals surface area contributed by atoms with Crippen molar-refractivity contribution in [2.24, 2.45) is 0 Å². The summed E-state index contributed by atoms with van der Waals surface area (Å²) >= 11 is 0. The summed E-state index contributed by atoms with van der Waals surface area (Å²) < 4.78 is 5.53. The highest BCUT2D eigenvalue weighted by molar-refractivity contribution is 5.31. The van der Waals surface area contributed by atoms with Crippen molar-refractivity contribution < 1.29 is 4.74 Å². The molecular weight excluding hydrogens is 262 g/mol. The van der Waals surface area contributed by atoms with Gasteiger partial charge in [0, 0.05) is 11.7 Å². The number of rotatable bonds is 9. The molecule has 0 aliphatic heterocycles. The lowest BCUT2D eigenvalue weighted by atomic mass is 9.88.